The zero-order chi connectivity index (χ0) is 7.98. The Morgan fingerprint density at radius 1 is 1.00 bits per heavy atom. The average molecular weight is 153 g/mol. The second-order valence-corrected chi connectivity index (χ2v) is 1.21. The van der Waals surface area contributed by atoms with E-state index in [4.69, 9.17) is 0 Å². The van der Waals surface area contributed by atoms with Crippen LogP contribution in [0.1, 0.15) is 0 Å². The van der Waals surface area contributed by atoms with Crippen molar-refractivity contribution in [3.63, 3.8) is 0 Å². The molecule has 0 bridgehead atoms. The molecule has 11 heavy (non-hydrogen) atoms. The van der Waals surface area contributed by atoms with Crippen LogP contribution in [0.2, 0.25) is 0 Å². The summed E-state index contributed by atoms with van der Waals surface area (Å²) in [5, 5.41) is 0. The first-order chi connectivity index (χ1) is 4.70. The number of hydrogen-bond donors (Lipinski definition) is 0. The monoisotopic (exact) mass is 153 g/mol. The van der Waals surface area contributed by atoms with Crippen molar-refractivity contribution in [2.75, 3.05) is 0 Å². The molecule has 0 N–H and O–H groups in total. The number of carbonyl (C=O) groups is 2. The Hall–Kier alpha value is -1.52. The van der Waals surface area contributed by atoms with E-state index in [1.807, 2.05) is 0 Å². The Labute approximate surface area is 66.0 Å². The lowest BCUT2D eigenvalue weighted by atomic mass is 10.7. The van der Waals surface area contributed by atoms with Gasteiger partial charge in [-0.25, -0.2) is 19.4 Å². The third kappa shape index (κ3) is 6.37. The van der Waals surface area contributed by atoms with Gasteiger partial charge in [-0.2, -0.15) is 0 Å². The molecule has 0 aliphatic carbocycles. The van der Waals surface area contributed by atoms with Gasteiger partial charge in [0.05, 0.1) is 0 Å². The van der Waals surface area contributed by atoms with Gasteiger partial charge in [-0.3, -0.25) is 0 Å². The van der Waals surface area contributed by atoms with Crippen molar-refractivity contribution < 1.29 is 19.4 Å². The molecule has 57 valence electrons. The minimum absolute atomic E-state index is 0. The average Bonchev–Trinajstić information content (AvgIpc) is 1.99. The fraction of sp³-hybridized carbons (Fsp3) is 0. The smallest absolute Gasteiger partial charge is 0.242 e. The molecule has 0 fully saturated rings. The zero-order valence-corrected chi connectivity index (χ0v) is 5.78. The summed E-state index contributed by atoms with van der Waals surface area (Å²) < 4.78 is 0. The van der Waals surface area contributed by atoms with E-state index in [1.165, 1.54) is 0 Å². The summed E-state index contributed by atoms with van der Waals surface area (Å²) >= 11 is 0. The topological polar surface area (TPSA) is 52.6 Å². The molecule has 0 atom stereocenters. The normalized spacial score (nSPS) is 6.91. The molecule has 0 aliphatic heterocycles. The standard InChI is InChI=1S/C6H6O4.B/c1-3-5(7)9-10-6(8)4-2;/h3-4H,1-2H2;. The largest absolute Gasteiger partial charge is 0.378 e. The maximum absolute atomic E-state index is 10.2. The molecule has 0 rings (SSSR count). The molecule has 3 radical (unpaired) electrons. The summed E-state index contributed by atoms with van der Waals surface area (Å²) in [5.74, 6) is -1.65. The molecule has 0 unspecified atom stereocenters. The summed E-state index contributed by atoms with van der Waals surface area (Å²) in [5.41, 5.74) is 0. The maximum atomic E-state index is 10.2. The SMILES string of the molecule is C=CC(=O)OOC(=O)C=C.[B]. The third-order valence-electron chi connectivity index (χ3n) is 0.539. The van der Waals surface area contributed by atoms with Crippen LogP contribution in [0.15, 0.2) is 25.3 Å². The molecule has 5 heteroatoms. The quantitative estimate of drug-likeness (QED) is 0.242. The number of rotatable bonds is 2. The minimum Gasteiger partial charge on any atom is -0.242 e. The van der Waals surface area contributed by atoms with Crippen LogP contribution in [0.25, 0.3) is 0 Å². The van der Waals surface area contributed by atoms with Crippen LogP contribution in [0.3, 0.4) is 0 Å². The van der Waals surface area contributed by atoms with Crippen molar-refractivity contribution in [3.05, 3.63) is 25.3 Å². The lowest BCUT2D eigenvalue weighted by molar-refractivity contribution is -0.250. The van der Waals surface area contributed by atoms with Gasteiger partial charge < -0.3 is 0 Å². The molecule has 0 saturated carbocycles. The van der Waals surface area contributed by atoms with Crippen molar-refractivity contribution >= 4 is 20.4 Å². The van der Waals surface area contributed by atoms with Gasteiger partial charge in [0.25, 0.3) is 0 Å². The van der Waals surface area contributed by atoms with Crippen molar-refractivity contribution in [2.24, 2.45) is 0 Å². The molecule has 0 heterocycles. The molecule has 0 aromatic carbocycles. The van der Waals surface area contributed by atoms with E-state index in [2.05, 4.69) is 22.9 Å². The molecule has 0 aliphatic rings. The molecule has 4 nitrogen and oxygen atoms in total. The van der Waals surface area contributed by atoms with Crippen LogP contribution in [0.4, 0.5) is 0 Å². The summed E-state index contributed by atoms with van der Waals surface area (Å²) in [6.45, 7) is 6.15. The van der Waals surface area contributed by atoms with E-state index >= 15 is 0 Å². The Kier molecular flexibility index (Phi) is 7.32. The summed E-state index contributed by atoms with van der Waals surface area (Å²) in [7, 11) is 0. The number of carbonyl (C=O) groups excluding carboxylic acids is 2. The Bertz CT molecular complexity index is 155. The molecule has 0 aromatic heterocycles. The first kappa shape index (κ1) is 12.2. The van der Waals surface area contributed by atoms with Crippen LogP contribution in [-0.4, -0.2) is 20.4 Å². The van der Waals surface area contributed by atoms with Gasteiger partial charge in [-0.15, -0.1) is 0 Å². The first-order valence-electron chi connectivity index (χ1n) is 2.38. The van der Waals surface area contributed by atoms with E-state index in [9.17, 15) is 9.59 Å². The minimum atomic E-state index is -0.824. The highest BCUT2D eigenvalue weighted by Crippen LogP contribution is 1.83. The molecule has 0 amide bonds. The second-order valence-electron chi connectivity index (χ2n) is 1.21. The fourth-order valence-corrected chi connectivity index (χ4v) is 0.150. The fourth-order valence-electron chi connectivity index (χ4n) is 0.150. The van der Waals surface area contributed by atoms with Gasteiger partial charge in [-0.1, -0.05) is 13.2 Å². The summed E-state index contributed by atoms with van der Waals surface area (Å²) in [6, 6.07) is 0. The highest BCUT2D eigenvalue weighted by Gasteiger charge is 2.00. The highest BCUT2D eigenvalue weighted by atomic mass is 17.2. The molecule has 0 spiro atoms. The van der Waals surface area contributed by atoms with Crippen LogP contribution < -0.4 is 0 Å². The van der Waals surface area contributed by atoms with Gasteiger partial charge in [0.2, 0.25) is 0 Å². The van der Waals surface area contributed by atoms with E-state index < -0.39 is 11.9 Å². The van der Waals surface area contributed by atoms with Gasteiger partial charge >= 0.3 is 11.9 Å². The lowest BCUT2D eigenvalue weighted by Crippen LogP contribution is -2.06. The van der Waals surface area contributed by atoms with Crippen molar-refractivity contribution in [1.82, 2.24) is 0 Å². The number of hydrogen-bond acceptors (Lipinski definition) is 4. The predicted octanol–water partition coefficient (Wildman–Crippen LogP) is -0.0210. The van der Waals surface area contributed by atoms with Crippen molar-refractivity contribution in [1.29, 1.82) is 0 Å². The van der Waals surface area contributed by atoms with Crippen LogP contribution in [0.5, 0.6) is 0 Å². The Morgan fingerprint density at radius 2 is 1.27 bits per heavy atom. The molecular formula is C6H6BO4. The van der Waals surface area contributed by atoms with Crippen molar-refractivity contribution in [3.8, 4) is 0 Å². The first-order valence-corrected chi connectivity index (χ1v) is 2.38. The van der Waals surface area contributed by atoms with Crippen molar-refractivity contribution in [2.45, 2.75) is 0 Å². The lowest BCUT2D eigenvalue weighted by Gasteiger charge is -1.94. The zero-order valence-electron chi connectivity index (χ0n) is 5.78. The van der Waals surface area contributed by atoms with E-state index in [-0.39, 0.29) is 8.41 Å². The molecule has 0 saturated heterocycles. The van der Waals surface area contributed by atoms with E-state index in [1.54, 1.807) is 0 Å². The van der Waals surface area contributed by atoms with Gasteiger partial charge in [-0.05, 0) is 0 Å². The molecule has 0 aromatic rings. The van der Waals surface area contributed by atoms with Crippen LogP contribution in [0, 0.1) is 0 Å². The van der Waals surface area contributed by atoms with Gasteiger partial charge in [0.1, 0.15) is 0 Å². The second kappa shape index (κ2) is 6.60. The third-order valence-corrected chi connectivity index (χ3v) is 0.539. The van der Waals surface area contributed by atoms with E-state index in [0.29, 0.717) is 0 Å². The Balaban J connectivity index is 0. The highest BCUT2D eigenvalue weighted by molar-refractivity contribution is 5.84. The predicted molar refractivity (Wildman–Crippen MR) is 38.3 cm³/mol. The molecular weight excluding hydrogens is 147 g/mol. The van der Waals surface area contributed by atoms with Crippen LogP contribution in [-0.2, 0) is 19.4 Å². The summed E-state index contributed by atoms with van der Waals surface area (Å²) in [6.07, 6.45) is 1.74. The Morgan fingerprint density at radius 3 is 1.45 bits per heavy atom. The van der Waals surface area contributed by atoms with Gasteiger partial charge in [0.15, 0.2) is 0 Å². The van der Waals surface area contributed by atoms with E-state index in [0.717, 1.165) is 12.2 Å². The van der Waals surface area contributed by atoms with Crippen LogP contribution >= 0.6 is 0 Å². The maximum Gasteiger partial charge on any atom is 0.378 e. The van der Waals surface area contributed by atoms with Gasteiger partial charge in [0, 0.05) is 20.6 Å². The summed E-state index contributed by atoms with van der Waals surface area (Å²) in [4.78, 5) is 28.1.